The molecule has 9 nitrogen and oxygen atoms in total. The van der Waals surface area contributed by atoms with E-state index in [1.807, 2.05) is 36.4 Å². The number of benzene rings is 2. The van der Waals surface area contributed by atoms with Crippen LogP contribution in [0.5, 0.6) is 5.75 Å². The van der Waals surface area contributed by atoms with Crippen molar-refractivity contribution in [2.45, 2.75) is 0 Å². The van der Waals surface area contributed by atoms with Crippen LogP contribution in [0.1, 0.15) is 5.56 Å². The minimum Gasteiger partial charge on any atom is -0.495 e. The maximum atomic E-state index is 5.49. The van der Waals surface area contributed by atoms with Gasteiger partial charge in [-0.3, -0.25) is 5.43 Å². The van der Waals surface area contributed by atoms with Gasteiger partial charge in [0.05, 0.1) is 16.9 Å². The van der Waals surface area contributed by atoms with E-state index in [4.69, 9.17) is 9.37 Å². The van der Waals surface area contributed by atoms with Crippen LogP contribution in [0.3, 0.4) is 0 Å². The van der Waals surface area contributed by atoms with Crippen LogP contribution in [-0.2, 0) is 0 Å². The van der Waals surface area contributed by atoms with Gasteiger partial charge in [0, 0.05) is 19.3 Å². The zero-order chi connectivity index (χ0) is 21.1. The average molecular weight is 692 g/mol. The van der Waals surface area contributed by atoms with Crippen LogP contribution < -0.4 is 15.5 Å². The number of hydrazone groups is 1. The summed E-state index contributed by atoms with van der Waals surface area (Å²) in [6.07, 6.45) is 1.67. The summed E-state index contributed by atoms with van der Waals surface area (Å²) in [5, 5.41) is 15.0. The van der Waals surface area contributed by atoms with E-state index < -0.39 is 0 Å². The fourth-order valence-electron chi connectivity index (χ4n) is 2.53. The van der Waals surface area contributed by atoms with Crippen LogP contribution in [0.2, 0.25) is 0 Å². The minimum atomic E-state index is 0.274. The fraction of sp³-hybridized carbons (Fsp3) is 0.0556. The Morgan fingerprint density at radius 3 is 2.47 bits per heavy atom. The summed E-state index contributed by atoms with van der Waals surface area (Å²) in [6, 6.07) is 11.7. The van der Waals surface area contributed by atoms with Gasteiger partial charge in [-0.15, -0.1) is 0 Å². The number of ether oxygens (including phenoxy) is 1. The van der Waals surface area contributed by atoms with E-state index >= 15 is 0 Å². The Labute approximate surface area is 206 Å². The third-order valence-corrected chi connectivity index (χ3v) is 5.79. The zero-order valence-corrected chi connectivity index (χ0v) is 21.1. The van der Waals surface area contributed by atoms with E-state index in [0.29, 0.717) is 11.6 Å². The highest BCUT2D eigenvalue weighted by Gasteiger charge is 2.13. The standard InChI is InChI=1S/C18H12BrI2N7O2/c1-29-14-9(6-11(20)7-13(14)21)8-22-26-16-15(23-12-4-2-10(19)3-5-12)24-17-18(25-16)28-30-27-17/h2-8H,1H3,(H,23,24,27)(H,25,26,28)/b22-8-. The molecule has 0 unspecified atom stereocenters. The van der Waals surface area contributed by atoms with Crippen molar-refractivity contribution in [2.24, 2.45) is 5.10 Å². The first kappa shape index (κ1) is 21.2. The number of halogens is 3. The molecule has 12 heteroatoms. The molecule has 4 aromatic rings. The Hall–Kier alpha value is -2.07. The molecule has 0 aliphatic rings. The number of nitrogens with zero attached hydrogens (tertiary/aromatic N) is 5. The molecule has 30 heavy (non-hydrogen) atoms. The van der Waals surface area contributed by atoms with Crippen molar-refractivity contribution in [1.82, 2.24) is 20.3 Å². The lowest BCUT2D eigenvalue weighted by atomic mass is 10.2. The number of rotatable bonds is 6. The van der Waals surface area contributed by atoms with E-state index in [-0.39, 0.29) is 11.3 Å². The molecule has 0 spiro atoms. The summed E-state index contributed by atoms with van der Waals surface area (Å²) in [6.45, 7) is 0. The highest BCUT2D eigenvalue weighted by Crippen LogP contribution is 2.28. The van der Waals surface area contributed by atoms with Gasteiger partial charge in [-0.25, -0.2) is 9.61 Å². The van der Waals surface area contributed by atoms with Crippen molar-refractivity contribution in [1.29, 1.82) is 0 Å². The van der Waals surface area contributed by atoms with Gasteiger partial charge < -0.3 is 10.1 Å². The topological polar surface area (TPSA) is 110 Å². The summed E-state index contributed by atoms with van der Waals surface area (Å²) < 4.78 is 13.3. The second-order valence-electron chi connectivity index (χ2n) is 5.84. The first-order valence-electron chi connectivity index (χ1n) is 8.38. The van der Waals surface area contributed by atoms with Crippen molar-refractivity contribution in [3.05, 3.63) is 53.6 Å². The van der Waals surface area contributed by atoms with Crippen LogP contribution in [0.15, 0.2) is 50.6 Å². The normalized spacial score (nSPS) is 11.2. The first-order chi connectivity index (χ1) is 14.5. The van der Waals surface area contributed by atoms with Crippen LogP contribution >= 0.6 is 61.1 Å². The number of fused-ring (bicyclic) bond motifs is 1. The maximum absolute atomic E-state index is 5.49. The van der Waals surface area contributed by atoms with E-state index in [9.17, 15) is 0 Å². The molecule has 152 valence electrons. The number of nitrogens with one attached hydrogen (secondary N) is 2. The third-order valence-electron chi connectivity index (χ3n) is 3.84. The molecule has 0 bridgehead atoms. The van der Waals surface area contributed by atoms with E-state index in [1.54, 1.807) is 13.3 Å². The Bertz CT molecular complexity index is 1230. The van der Waals surface area contributed by atoms with Gasteiger partial charge in [-0.2, -0.15) is 10.1 Å². The van der Waals surface area contributed by atoms with Crippen LogP contribution in [-0.4, -0.2) is 33.6 Å². The monoisotopic (exact) mass is 691 g/mol. The molecule has 0 atom stereocenters. The van der Waals surface area contributed by atoms with Crippen molar-refractivity contribution >= 4 is 95.9 Å². The molecule has 0 aliphatic heterocycles. The molecular weight excluding hydrogens is 680 g/mol. The second-order valence-corrected chi connectivity index (χ2v) is 9.17. The lowest BCUT2D eigenvalue weighted by molar-refractivity contribution is 0.314. The van der Waals surface area contributed by atoms with Crippen LogP contribution in [0.4, 0.5) is 17.3 Å². The van der Waals surface area contributed by atoms with Crippen LogP contribution in [0, 0.1) is 7.14 Å². The fourth-order valence-corrected chi connectivity index (χ4v) is 4.90. The Kier molecular flexibility index (Phi) is 6.62. The summed E-state index contributed by atoms with van der Waals surface area (Å²) in [4.78, 5) is 8.82. The zero-order valence-electron chi connectivity index (χ0n) is 15.2. The second kappa shape index (κ2) is 9.38. The molecule has 0 amide bonds. The maximum Gasteiger partial charge on any atom is 0.245 e. The molecule has 0 saturated heterocycles. The van der Waals surface area contributed by atoms with Crippen molar-refractivity contribution in [2.75, 3.05) is 17.9 Å². The molecule has 0 aliphatic carbocycles. The quantitative estimate of drug-likeness (QED) is 0.162. The van der Waals surface area contributed by atoms with Gasteiger partial charge in [0.2, 0.25) is 11.3 Å². The van der Waals surface area contributed by atoms with Gasteiger partial charge in [-0.1, -0.05) is 15.9 Å². The van der Waals surface area contributed by atoms with E-state index in [0.717, 1.165) is 28.6 Å². The Morgan fingerprint density at radius 2 is 1.77 bits per heavy atom. The average Bonchev–Trinajstić information content (AvgIpc) is 3.17. The van der Waals surface area contributed by atoms with Gasteiger partial charge in [0.25, 0.3) is 0 Å². The molecule has 0 fully saturated rings. The molecule has 2 aromatic heterocycles. The van der Waals surface area contributed by atoms with Crippen molar-refractivity contribution in [3.8, 4) is 5.75 Å². The number of hydrogen-bond donors (Lipinski definition) is 2. The number of aromatic nitrogens is 4. The van der Waals surface area contributed by atoms with Crippen LogP contribution in [0.25, 0.3) is 11.3 Å². The minimum absolute atomic E-state index is 0.274. The number of anilines is 3. The highest BCUT2D eigenvalue weighted by molar-refractivity contribution is 14.1. The van der Waals surface area contributed by atoms with Gasteiger partial charge in [0.1, 0.15) is 5.75 Å². The van der Waals surface area contributed by atoms with Gasteiger partial charge in [0.15, 0.2) is 11.6 Å². The van der Waals surface area contributed by atoms with E-state index in [2.05, 4.69) is 97.2 Å². The molecule has 0 radical (unpaired) electrons. The molecule has 4 rings (SSSR count). The molecule has 2 N–H and O–H groups in total. The Balaban J connectivity index is 1.65. The predicted octanol–water partition coefficient (Wildman–Crippen LogP) is 5.18. The summed E-state index contributed by atoms with van der Waals surface area (Å²) >= 11 is 7.90. The smallest absolute Gasteiger partial charge is 0.245 e. The summed E-state index contributed by atoms with van der Waals surface area (Å²) in [5.41, 5.74) is 5.14. The molecule has 0 saturated carbocycles. The highest BCUT2D eigenvalue weighted by atomic mass is 127. The number of hydrogen-bond acceptors (Lipinski definition) is 9. The first-order valence-corrected chi connectivity index (χ1v) is 11.3. The third kappa shape index (κ3) is 4.80. The van der Waals surface area contributed by atoms with Gasteiger partial charge in [-0.05, 0) is 91.9 Å². The van der Waals surface area contributed by atoms with Crippen molar-refractivity contribution < 1.29 is 9.37 Å². The lowest BCUT2D eigenvalue weighted by Gasteiger charge is -2.10. The lowest BCUT2D eigenvalue weighted by Crippen LogP contribution is -2.03. The largest absolute Gasteiger partial charge is 0.495 e. The number of methoxy groups -OCH3 is 1. The van der Waals surface area contributed by atoms with Crippen molar-refractivity contribution in [3.63, 3.8) is 0 Å². The van der Waals surface area contributed by atoms with E-state index in [1.165, 1.54) is 0 Å². The molecular formula is C18H12BrI2N7O2. The molecule has 2 aromatic carbocycles. The summed E-state index contributed by atoms with van der Waals surface area (Å²) in [5.74, 6) is 1.55. The molecule has 2 heterocycles. The van der Waals surface area contributed by atoms with Gasteiger partial charge >= 0.3 is 0 Å². The predicted molar refractivity (Wildman–Crippen MR) is 134 cm³/mol. The Morgan fingerprint density at radius 1 is 1.07 bits per heavy atom. The summed E-state index contributed by atoms with van der Waals surface area (Å²) in [7, 11) is 1.63. The SMILES string of the molecule is COc1c(I)cc(I)cc1/C=N\Nc1nc2nonc2nc1Nc1ccc(Br)cc1.